The first-order valence-electron chi connectivity index (χ1n) is 13.6. The standard InChI is InChI=1S/C28H47NO4/c1-3-4-8-21(2)17-24(30)11-12-25-26-19-22(18-23(26)20-27(25)31)9-6-5-7-10-28(32)29-13-15-33-16-14-29/h11-12,18,21,23-27,30-31H,3-10,13-17,19-20H2,1-2H3/t21-,23-,24+,25+,26-,27+/m0/s1. The summed E-state index contributed by atoms with van der Waals surface area (Å²) in [6, 6.07) is 0. The minimum absolute atomic E-state index is 0.162. The summed E-state index contributed by atoms with van der Waals surface area (Å²) < 4.78 is 5.32. The first kappa shape index (κ1) is 26.4. The minimum Gasteiger partial charge on any atom is -0.392 e. The molecule has 188 valence electrons. The minimum atomic E-state index is -0.405. The highest BCUT2D eigenvalue weighted by Gasteiger charge is 2.43. The molecule has 3 aliphatic rings. The van der Waals surface area contributed by atoms with Gasteiger partial charge >= 0.3 is 0 Å². The van der Waals surface area contributed by atoms with Gasteiger partial charge < -0.3 is 19.8 Å². The summed E-state index contributed by atoms with van der Waals surface area (Å²) in [5.74, 6) is 1.94. The second kappa shape index (κ2) is 13.7. The predicted molar refractivity (Wildman–Crippen MR) is 133 cm³/mol. The summed E-state index contributed by atoms with van der Waals surface area (Å²) in [7, 11) is 0. The first-order chi connectivity index (χ1) is 16.0. The molecular weight excluding hydrogens is 414 g/mol. The number of carbonyl (C=O) groups is 1. The Morgan fingerprint density at radius 2 is 2.03 bits per heavy atom. The van der Waals surface area contributed by atoms with Crippen LogP contribution in [0, 0.1) is 23.7 Å². The molecule has 0 radical (unpaired) electrons. The molecule has 6 atom stereocenters. The van der Waals surface area contributed by atoms with E-state index >= 15 is 0 Å². The van der Waals surface area contributed by atoms with E-state index in [1.54, 1.807) is 0 Å². The maximum Gasteiger partial charge on any atom is 0.222 e. The van der Waals surface area contributed by atoms with E-state index in [0.717, 1.165) is 58.0 Å². The Bertz CT molecular complexity index is 654. The number of carbonyl (C=O) groups excluding carboxylic acids is 1. The summed E-state index contributed by atoms with van der Waals surface area (Å²) in [4.78, 5) is 14.2. The number of ether oxygens (including phenoxy) is 1. The SMILES string of the molecule is CCCC[C@H](C)C[C@H](O)C=C[C@@H]1[C@H]2CC(CCCCCC(=O)N3CCOCC3)=C[C@H]2C[C@H]1O. The Hall–Kier alpha value is -1.17. The Kier molecular flexibility index (Phi) is 10.9. The van der Waals surface area contributed by atoms with Crippen LogP contribution in [0.5, 0.6) is 0 Å². The fourth-order valence-electron chi connectivity index (χ4n) is 5.98. The third-order valence-corrected chi connectivity index (χ3v) is 7.95. The Labute approximate surface area is 201 Å². The molecule has 0 aromatic rings. The van der Waals surface area contributed by atoms with E-state index in [9.17, 15) is 15.0 Å². The van der Waals surface area contributed by atoms with Gasteiger partial charge in [-0.15, -0.1) is 0 Å². The number of aliphatic hydroxyl groups excluding tert-OH is 2. The number of fused-ring (bicyclic) bond motifs is 1. The molecule has 3 rings (SSSR count). The van der Waals surface area contributed by atoms with Gasteiger partial charge in [0.15, 0.2) is 0 Å². The number of morpholine rings is 1. The van der Waals surface area contributed by atoms with Crippen LogP contribution in [-0.2, 0) is 9.53 Å². The third kappa shape index (κ3) is 8.22. The smallest absolute Gasteiger partial charge is 0.222 e. The fourth-order valence-corrected chi connectivity index (χ4v) is 5.98. The summed E-state index contributed by atoms with van der Waals surface area (Å²) in [5, 5.41) is 21.0. The monoisotopic (exact) mass is 461 g/mol. The topological polar surface area (TPSA) is 70.0 Å². The fraction of sp³-hybridized carbons (Fsp3) is 0.821. The van der Waals surface area contributed by atoms with E-state index in [2.05, 4.69) is 26.0 Å². The lowest BCUT2D eigenvalue weighted by Crippen LogP contribution is -2.40. The van der Waals surface area contributed by atoms with Gasteiger partial charge in [0.1, 0.15) is 0 Å². The van der Waals surface area contributed by atoms with Crippen molar-refractivity contribution in [3.63, 3.8) is 0 Å². The molecule has 1 aliphatic heterocycles. The van der Waals surface area contributed by atoms with Crippen LogP contribution in [0.3, 0.4) is 0 Å². The van der Waals surface area contributed by atoms with E-state index in [-0.39, 0.29) is 17.9 Å². The zero-order chi connectivity index (χ0) is 23.6. The summed E-state index contributed by atoms with van der Waals surface area (Å²) in [6.07, 6.45) is 17.1. The van der Waals surface area contributed by atoms with E-state index < -0.39 is 6.10 Å². The van der Waals surface area contributed by atoms with Gasteiger partial charge in [0.2, 0.25) is 5.91 Å². The van der Waals surface area contributed by atoms with E-state index in [1.807, 2.05) is 11.0 Å². The lowest BCUT2D eigenvalue weighted by atomic mass is 9.88. The molecule has 2 fully saturated rings. The molecular formula is C28H47NO4. The third-order valence-electron chi connectivity index (χ3n) is 7.95. The Morgan fingerprint density at radius 3 is 2.79 bits per heavy atom. The van der Waals surface area contributed by atoms with Crippen molar-refractivity contribution >= 4 is 5.91 Å². The molecule has 0 bridgehead atoms. The number of hydrogen-bond donors (Lipinski definition) is 2. The molecule has 2 N–H and O–H groups in total. The van der Waals surface area contributed by atoms with Crippen molar-refractivity contribution in [1.82, 2.24) is 4.90 Å². The van der Waals surface area contributed by atoms with Crippen molar-refractivity contribution in [3.05, 3.63) is 23.8 Å². The average Bonchev–Trinajstić information content (AvgIpc) is 3.32. The molecule has 0 aromatic heterocycles. The molecule has 1 saturated carbocycles. The normalized spacial score (nSPS) is 29.3. The lowest BCUT2D eigenvalue weighted by molar-refractivity contribution is -0.135. The molecule has 1 amide bonds. The molecule has 1 saturated heterocycles. The number of unbranched alkanes of at least 4 members (excludes halogenated alkanes) is 3. The number of allylic oxidation sites excluding steroid dienone is 2. The summed E-state index contributed by atoms with van der Waals surface area (Å²) >= 11 is 0. The number of hydrogen-bond acceptors (Lipinski definition) is 4. The molecule has 33 heavy (non-hydrogen) atoms. The lowest BCUT2D eigenvalue weighted by Gasteiger charge is -2.26. The maximum absolute atomic E-state index is 12.2. The van der Waals surface area contributed by atoms with Gasteiger partial charge in [0, 0.05) is 25.4 Å². The number of amides is 1. The van der Waals surface area contributed by atoms with Crippen molar-refractivity contribution in [1.29, 1.82) is 0 Å². The van der Waals surface area contributed by atoms with Crippen LogP contribution < -0.4 is 0 Å². The van der Waals surface area contributed by atoms with E-state index in [4.69, 9.17) is 4.74 Å². The maximum atomic E-state index is 12.2. The predicted octanol–water partition coefficient (Wildman–Crippen LogP) is 4.87. The van der Waals surface area contributed by atoms with Crippen LogP contribution in [0.1, 0.15) is 84.5 Å². The highest BCUT2D eigenvalue weighted by atomic mass is 16.5. The van der Waals surface area contributed by atoms with Crippen LogP contribution in [-0.4, -0.2) is 59.5 Å². The number of aliphatic hydroxyl groups is 2. The molecule has 5 nitrogen and oxygen atoms in total. The average molecular weight is 462 g/mol. The van der Waals surface area contributed by atoms with Crippen LogP contribution in [0.2, 0.25) is 0 Å². The van der Waals surface area contributed by atoms with E-state index in [1.165, 1.54) is 24.8 Å². The van der Waals surface area contributed by atoms with Gasteiger partial charge in [0.25, 0.3) is 0 Å². The second-order valence-electron chi connectivity index (χ2n) is 10.7. The van der Waals surface area contributed by atoms with Crippen LogP contribution >= 0.6 is 0 Å². The molecule has 0 aromatic carbocycles. The van der Waals surface area contributed by atoms with Crippen molar-refractivity contribution in [2.45, 2.75) is 96.7 Å². The van der Waals surface area contributed by atoms with Crippen molar-refractivity contribution in [2.24, 2.45) is 23.7 Å². The highest BCUT2D eigenvalue weighted by molar-refractivity contribution is 5.76. The largest absolute Gasteiger partial charge is 0.392 e. The van der Waals surface area contributed by atoms with Crippen LogP contribution in [0.15, 0.2) is 23.8 Å². The van der Waals surface area contributed by atoms with Crippen LogP contribution in [0.25, 0.3) is 0 Å². The van der Waals surface area contributed by atoms with Gasteiger partial charge in [0.05, 0.1) is 25.4 Å². The van der Waals surface area contributed by atoms with Gasteiger partial charge in [-0.2, -0.15) is 0 Å². The second-order valence-corrected chi connectivity index (χ2v) is 10.7. The molecule has 1 heterocycles. The summed E-state index contributed by atoms with van der Waals surface area (Å²) in [5.41, 5.74) is 1.53. The van der Waals surface area contributed by atoms with Crippen LogP contribution in [0.4, 0.5) is 0 Å². The number of nitrogens with zero attached hydrogens (tertiary/aromatic N) is 1. The van der Waals surface area contributed by atoms with E-state index in [0.29, 0.717) is 37.4 Å². The number of rotatable bonds is 13. The first-order valence-corrected chi connectivity index (χ1v) is 13.6. The quantitative estimate of drug-likeness (QED) is 0.303. The molecule has 0 spiro atoms. The highest BCUT2D eigenvalue weighted by Crippen LogP contribution is 2.48. The van der Waals surface area contributed by atoms with Crippen molar-refractivity contribution in [3.8, 4) is 0 Å². The summed E-state index contributed by atoms with van der Waals surface area (Å²) in [6.45, 7) is 7.25. The van der Waals surface area contributed by atoms with Crippen molar-refractivity contribution < 1.29 is 19.7 Å². The van der Waals surface area contributed by atoms with Gasteiger partial charge in [-0.25, -0.2) is 0 Å². The molecule has 2 aliphatic carbocycles. The Balaban J connectivity index is 1.34. The molecule has 5 heteroatoms. The van der Waals surface area contributed by atoms with Gasteiger partial charge in [-0.3, -0.25) is 4.79 Å². The van der Waals surface area contributed by atoms with Crippen molar-refractivity contribution in [2.75, 3.05) is 26.3 Å². The zero-order valence-corrected chi connectivity index (χ0v) is 21.0. The Morgan fingerprint density at radius 1 is 1.24 bits per heavy atom. The van der Waals surface area contributed by atoms with Gasteiger partial charge in [-0.05, 0) is 56.3 Å². The van der Waals surface area contributed by atoms with Gasteiger partial charge in [-0.1, -0.05) is 63.3 Å². The molecule has 0 unspecified atom stereocenters. The zero-order valence-electron chi connectivity index (χ0n) is 21.0.